The Morgan fingerprint density at radius 3 is 2.86 bits per heavy atom. The molecule has 1 aromatic heterocycles. The molecule has 1 heterocycles. The van der Waals surface area contributed by atoms with Crippen molar-refractivity contribution in [3.8, 4) is 0 Å². The summed E-state index contributed by atoms with van der Waals surface area (Å²) in [4.78, 5) is 19.6. The number of aromatic nitrogens is 2. The third-order valence-corrected chi connectivity index (χ3v) is 3.37. The van der Waals surface area contributed by atoms with Crippen LogP contribution < -0.4 is 5.32 Å². The van der Waals surface area contributed by atoms with Crippen molar-refractivity contribution in [2.75, 3.05) is 5.32 Å². The number of aryl methyl sites for hydroxylation is 1. The van der Waals surface area contributed by atoms with Crippen molar-refractivity contribution in [1.82, 2.24) is 9.97 Å². The molecule has 0 aliphatic carbocycles. The molecule has 0 spiro atoms. The van der Waals surface area contributed by atoms with E-state index in [9.17, 15) is 4.79 Å². The van der Waals surface area contributed by atoms with Crippen LogP contribution >= 0.6 is 11.6 Å². The van der Waals surface area contributed by atoms with E-state index in [0.717, 1.165) is 16.9 Å². The number of anilines is 1. The molecule has 0 atom stereocenters. The van der Waals surface area contributed by atoms with Gasteiger partial charge in [0.05, 0.1) is 11.0 Å². The van der Waals surface area contributed by atoms with Crippen LogP contribution in [0, 0.1) is 0 Å². The Morgan fingerprint density at radius 1 is 1.19 bits per heavy atom. The lowest BCUT2D eigenvalue weighted by atomic mass is 10.2. The molecule has 0 aliphatic rings. The fourth-order valence-corrected chi connectivity index (χ4v) is 2.34. The van der Waals surface area contributed by atoms with Gasteiger partial charge in [-0.1, -0.05) is 29.8 Å². The number of carbonyl (C=O) groups is 1. The number of aromatic amines is 1. The van der Waals surface area contributed by atoms with Gasteiger partial charge >= 0.3 is 0 Å². The number of imidazole rings is 1. The number of hydrogen-bond acceptors (Lipinski definition) is 2. The molecular formula is C16H14ClN3O. The summed E-state index contributed by atoms with van der Waals surface area (Å²) in [5, 5.41) is 3.42. The zero-order valence-electron chi connectivity index (χ0n) is 11.3. The Morgan fingerprint density at radius 2 is 2.05 bits per heavy atom. The third kappa shape index (κ3) is 3.41. The SMILES string of the molecule is O=C(CCc1nc2ccccc2[nH]1)Nc1cccc(Cl)c1. The van der Waals surface area contributed by atoms with E-state index in [2.05, 4.69) is 15.3 Å². The van der Waals surface area contributed by atoms with Crippen LogP contribution in [0.2, 0.25) is 5.02 Å². The highest BCUT2D eigenvalue weighted by molar-refractivity contribution is 6.30. The second-order valence-corrected chi connectivity index (χ2v) is 5.20. The van der Waals surface area contributed by atoms with Crippen LogP contribution in [0.3, 0.4) is 0 Å². The summed E-state index contributed by atoms with van der Waals surface area (Å²) in [6.45, 7) is 0. The first-order valence-corrected chi connectivity index (χ1v) is 7.07. The first-order chi connectivity index (χ1) is 10.2. The maximum atomic E-state index is 11.9. The molecule has 5 heteroatoms. The number of hydrogen-bond donors (Lipinski definition) is 2. The molecule has 1 amide bonds. The van der Waals surface area contributed by atoms with Crippen molar-refractivity contribution < 1.29 is 4.79 Å². The van der Waals surface area contributed by atoms with Crippen molar-refractivity contribution in [3.63, 3.8) is 0 Å². The summed E-state index contributed by atoms with van der Waals surface area (Å²) in [6, 6.07) is 14.9. The maximum Gasteiger partial charge on any atom is 0.224 e. The highest BCUT2D eigenvalue weighted by Crippen LogP contribution is 2.15. The predicted molar refractivity (Wildman–Crippen MR) is 84.5 cm³/mol. The molecule has 106 valence electrons. The van der Waals surface area contributed by atoms with E-state index >= 15 is 0 Å². The van der Waals surface area contributed by atoms with E-state index in [0.29, 0.717) is 23.6 Å². The minimum Gasteiger partial charge on any atom is -0.342 e. The van der Waals surface area contributed by atoms with Crippen LogP contribution in [-0.4, -0.2) is 15.9 Å². The number of amides is 1. The van der Waals surface area contributed by atoms with Gasteiger partial charge in [-0.2, -0.15) is 0 Å². The number of carbonyl (C=O) groups excluding carboxylic acids is 1. The van der Waals surface area contributed by atoms with Crippen molar-refractivity contribution >= 4 is 34.2 Å². The molecule has 4 nitrogen and oxygen atoms in total. The van der Waals surface area contributed by atoms with Gasteiger partial charge in [-0.25, -0.2) is 4.98 Å². The van der Waals surface area contributed by atoms with Gasteiger partial charge in [0, 0.05) is 23.6 Å². The fourth-order valence-electron chi connectivity index (χ4n) is 2.15. The average Bonchev–Trinajstić information content (AvgIpc) is 2.88. The van der Waals surface area contributed by atoms with E-state index in [1.165, 1.54) is 0 Å². The Balaban J connectivity index is 1.60. The maximum absolute atomic E-state index is 11.9. The number of nitrogens with zero attached hydrogens (tertiary/aromatic N) is 1. The van der Waals surface area contributed by atoms with E-state index < -0.39 is 0 Å². The van der Waals surface area contributed by atoms with Gasteiger partial charge in [0.1, 0.15) is 5.82 Å². The summed E-state index contributed by atoms with van der Waals surface area (Å²) < 4.78 is 0. The lowest BCUT2D eigenvalue weighted by Crippen LogP contribution is -2.12. The topological polar surface area (TPSA) is 57.8 Å². The Hall–Kier alpha value is -2.33. The normalized spacial score (nSPS) is 10.7. The molecular weight excluding hydrogens is 286 g/mol. The lowest BCUT2D eigenvalue weighted by molar-refractivity contribution is -0.116. The van der Waals surface area contributed by atoms with Gasteiger partial charge in [-0.05, 0) is 30.3 Å². The molecule has 2 N–H and O–H groups in total. The molecule has 0 fully saturated rings. The Labute approximate surface area is 127 Å². The highest BCUT2D eigenvalue weighted by atomic mass is 35.5. The van der Waals surface area contributed by atoms with Crippen molar-refractivity contribution in [3.05, 3.63) is 59.4 Å². The number of H-pyrrole nitrogens is 1. The quantitative estimate of drug-likeness (QED) is 0.770. The average molecular weight is 300 g/mol. The summed E-state index contributed by atoms with van der Waals surface area (Å²) in [5.41, 5.74) is 2.61. The molecule has 0 unspecified atom stereocenters. The number of para-hydroxylation sites is 2. The van der Waals surface area contributed by atoms with Gasteiger partial charge in [-0.15, -0.1) is 0 Å². The number of fused-ring (bicyclic) bond motifs is 1. The van der Waals surface area contributed by atoms with Gasteiger partial charge in [0.2, 0.25) is 5.91 Å². The summed E-state index contributed by atoms with van der Waals surface area (Å²) in [5.74, 6) is 0.759. The van der Waals surface area contributed by atoms with Crippen LogP contribution in [-0.2, 0) is 11.2 Å². The second kappa shape index (κ2) is 5.97. The molecule has 3 aromatic rings. The number of nitrogens with one attached hydrogen (secondary N) is 2. The van der Waals surface area contributed by atoms with Crippen LogP contribution in [0.15, 0.2) is 48.5 Å². The van der Waals surface area contributed by atoms with E-state index in [4.69, 9.17) is 11.6 Å². The number of benzene rings is 2. The lowest BCUT2D eigenvalue weighted by Gasteiger charge is -2.04. The number of rotatable bonds is 4. The van der Waals surface area contributed by atoms with Crippen LogP contribution in [0.4, 0.5) is 5.69 Å². The molecule has 0 saturated heterocycles. The van der Waals surface area contributed by atoms with Crippen LogP contribution in [0.25, 0.3) is 11.0 Å². The monoisotopic (exact) mass is 299 g/mol. The number of halogens is 1. The molecule has 3 rings (SSSR count). The Kier molecular flexibility index (Phi) is 3.88. The Bertz CT molecular complexity index is 749. The predicted octanol–water partition coefficient (Wildman–Crippen LogP) is 3.79. The molecule has 21 heavy (non-hydrogen) atoms. The first kappa shape index (κ1) is 13.6. The van der Waals surface area contributed by atoms with E-state index in [1.807, 2.05) is 30.3 Å². The van der Waals surface area contributed by atoms with Crippen molar-refractivity contribution in [2.45, 2.75) is 12.8 Å². The highest BCUT2D eigenvalue weighted by Gasteiger charge is 2.06. The molecule has 0 saturated carbocycles. The zero-order chi connectivity index (χ0) is 14.7. The van der Waals surface area contributed by atoms with Gasteiger partial charge in [-0.3, -0.25) is 4.79 Å². The van der Waals surface area contributed by atoms with Crippen LogP contribution in [0.1, 0.15) is 12.2 Å². The fraction of sp³-hybridized carbons (Fsp3) is 0.125. The summed E-state index contributed by atoms with van der Waals surface area (Å²) in [6.07, 6.45) is 0.938. The summed E-state index contributed by atoms with van der Waals surface area (Å²) >= 11 is 5.88. The van der Waals surface area contributed by atoms with Gasteiger partial charge in [0.15, 0.2) is 0 Å². The minimum absolute atomic E-state index is 0.0577. The molecule has 0 radical (unpaired) electrons. The third-order valence-electron chi connectivity index (χ3n) is 3.14. The van der Waals surface area contributed by atoms with E-state index in [1.54, 1.807) is 18.2 Å². The smallest absolute Gasteiger partial charge is 0.224 e. The van der Waals surface area contributed by atoms with Crippen LogP contribution in [0.5, 0.6) is 0 Å². The first-order valence-electron chi connectivity index (χ1n) is 6.70. The standard InChI is InChI=1S/C16H14ClN3O/c17-11-4-3-5-12(10-11)18-16(21)9-8-15-19-13-6-1-2-7-14(13)20-15/h1-7,10H,8-9H2,(H,18,21)(H,19,20). The zero-order valence-corrected chi connectivity index (χ0v) is 12.0. The molecule has 2 aromatic carbocycles. The molecule has 0 aliphatic heterocycles. The van der Waals surface area contributed by atoms with E-state index in [-0.39, 0.29) is 5.91 Å². The van der Waals surface area contributed by atoms with Crippen molar-refractivity contribution in [1.29, 1.82) is 0 Å². The van der Waals surface area contributed by atoms with Gasteiger partial charge < -0.3 is 10.3 Å². The molecule has 0 bridgehead atoms. The van der Waals surface area contributed by atoms with Crippen molar-refractivity contribution in [2.24, 2.45) is 0 Å². The second-order valence-electron chi connectivity index (χ2n) is 4.76. The largest absolute Gasteiger partial charge is 0.342 e. The van der Waals surface area contributed by atoms with Gasteiger partial charge in [0.25, 0.3) is 0 Å². The summed E-state index contributed by atoms with van der Waals surface area (Å²) in [7, 11) is 0. The minimum atomic E-state index is -0.0577.